The van der Waals surface area contributed by atoms with Crippen molar-refractivity contribution in [2.45, 2.75) is 6.54 Å². The minimum absolute atomic E-state index is 0.429. The number of hydrogen-bond donors (Lipinski definition) is 2. The Morgan fingerprint density at radius 1 is 1.35 bits per heavy atom. The van der Waals surface area contributed by atoms with E-state index in [9.17, 15) is 9.59 Å². The van der Waals surface area contributed by atoms with Crippen LogP contribution in [0.4, 0.5) is 4.79 Å². The van der Waals surface area contributed by atoms with Gasteiger partial charge in [-0.25, -0.2) is 9.59 Å². The van der Waals surface area contributed by atoms with E-state index in [2.05, 4.69) is 0 Å². The fraction of sp³-hybridized carbons (Fsp3) is 0.167. The number of urea groups is 1. The van der Waals surface area contributed by atoms with E-state index in [1.54, 1.807) is 19.2 Å². The molecule has 3 N–H and O–H groups in total. The Labute approximate surface area is 99.1 Å². The molecular weight excluding hydrogens is 220 g/mol. The van der Waals surface area contributed by atoms with Gasteiger partial charge in [-0.05, 0) is 17.2 Å². The summed E-state index contributed by atoms with van der Waals surface area (Å²) >= 11 is 0. The molecule has 0 aliphatic carbocycles. The molecule has 0 saturated carbocycles. The topological polar surface area (TPSA) is 83.6 Å². The summed E-state index contributed by atoms with van der Waals surface area (Å²) < 4.78 is 0. The van der Waals surface area contributed by atoms with Gasteiger partial charge in [0.15, 0.2) is 0 Å². The minimum atomic E-state index is -0.984. The SMILES string of the molecule is CN(Cc1ccc(/C=C/C(=O)O)cc1)C(N)=O. The molecule has 17 heavy (non-hydrogen) atoms. The standard InChI is InChI=1S/C12H14N2O3/c1-14(12(13)17)8-10-4-2-9(3-5-10)6-7-11(15)16/h2-7H,8H2,1H3,(H2,13,17)(H,15,16)/b7-6+. The average molecular weight is 234 g/mol. The molecular formula is C12H14N2O3. The number of hydrogen-bond acceptors (Lipinski definition) is 2. The van der Waals surface area contributed by atoms with E-state index in [1.807, 2.05) is 12.1 Å². The zero-order chi connectivity index (χ0) is 12.8. The van der Waals surface area contributed by atoms with Crippen molar-refractivity contribution in [3.8, 4) is 0 Å². The fourth-order valence-corrected chi connectivity index (χ4v) is 1.25. The highest BCUT2D eigenvalue weighted by molar-refractivity contribution is 5.85. The van der Waals surface area contributed by atoms with Crippen LogP contribution in [0.15, 0.2) is 30.3 Å². The molecule has 1 aromatic carbocycles. The molecule has 5 heteroatoms. The van der Waals surface area contributed by atoms with Gasteiger partial charge in [0.25, 0.3) is 0 Å². The summed E-state index contributed by atoms with van der Waals surface area (Å²) in [6, 6.07) is 6.72. The Bertz CT molecular complexity index is 438. The first-order valence-corrected chi connectivity index (χ1v) is 4.99. The van der Waals surface area contributed by atoms with Crippen molar-refractivity contribution in [1.29, 1.82) is 0 Å². The number of carbonyl (C=O) groups excluding carboxylic acids is 1. The zero-order valence-corrected chi connectivity index (χ0v) is 9.46. The summed E-state index contributed by atoms with van der Waals surface area (Å²) in [7, 11) is 1.61. The van der Waals surface area contributed by atoms with E-state index in [-0.39, 0.29) is 0 Å². The van der Waals surface area contributed by atoms with E-state index in [0.29, 0.717) is 6.54 Å². The number of amides is 2. The number of primary amides is 1. The van der Waals surface area contributed by atoms with Crippen LogP contribution in [0.1, 0.15) is 11.1 Å². The van der Waals surface area contributed by atoms with Gasteiger partial charge in [0, 0.05) is 19.7 Å². The summed E-state index contributed by atoms with van der Waals surface area (Å²) in [5.74, 6) is -0.984. The van der Waals surface area contributed by atoms with Crippen LogP contribution < -0.4 is 5.73 Å². The molecule has 2 amide bonds. The zero-order valence-electron chi connectivity index (χ0n) is 9.46. The van der Waals surface area contributed by atoms with Crippen molar-refractivity contribution >= 4 is 18.1 Å². The van der Waals surface area contributed by atoms with Crippen LogP contribution in [0.2, 0.25) is 0 Å². The van der Waals surface area contributed by atoms with Gasteiger partial charge in [0.05, 0.1) is 0 Å². The highest BCUT2D eigenvalue weighted by Crippen LogP contribution is 2.08. The van der Waals surface area contributed by atoms with Crippen molar-refractivity contribution in [2.24, 2.45) is 5.73 Å². The number of benzene rings is 1. The van der Waals surface area contributed by atoms with Crippen LogP contribution in [0.3, 0.4) is 0 Å². The lowest BCUT2D eigenvalue weighted by molar-refractivity contribution is -0.131. The van der Waals surface area contributed by atoms with Crippen molar-refractivity contribution in [3.63, 3.8) is 0 Å². The van der Waals surface area contributed by atoms with Gasteiger partial charge in [-0.15, -0.1) is 0 Å². The van der Waals surface area contributed by atoms with E-state index < -0.39 is 12.0 Å². The van der Waals surface area contributed by atoms with E-state index in [1.165, 1.54) is 11.0 Å². The second kappa shape index (κ2) is 5.69. The third-order valence-electron chi connectivity index (χ3n) is 2.19. The number of carboxylic acid groups (broad SMARTS) is 1. The molecule has 5 nitrogen and oxygen atoms in total. The van der Waals surface area contributed by atoms with Gasteiger partial charge >= 0.3 is 12.0 Å². The van der Waals surface area contributed by atoms with Crippen molar-refractivity contribution in [1.82, 2.24) is 4.90 Å². The molecule has 1 rings (SSSR count). The maximum atomic E-state index is 10.8. The first kappa shape index (κ1) is 12.8. The number of nitrogens with zero attached hydrogens (tertiary/aromatic N) is 1. The van der Waals surface area contributed by atoms with E-state index in [0.717, 1.165) is 17.2 Å². The fourth-order valence-electron chi connectivity index (χ4n) is 1.25. The smallest absolute Gasteiger partial charge is 0.328 e. The van der Waals surface area contributed by atoms with Crippen molar-refractivity contribution in [3.05, 3.63) is 41.5 Å². The monoisotopic (exact) mass is 234 g/mol. The maximum Gasteiger partial charge on any atom is 0.328 e. The second-order valence-electron chi connectivity index (χ2n) is 3.61. The highest BCUT2D eigenvalue weighted by atomic mass is 16.4. The highest BCUT2D eigenvalue weighted by Gasteiger charge is 2.03. The molecule has 0 unspecified atom stereocenters. The van der Waals surface area contributed by atoms with Crippen molar-refractivity contribution in [2.75, 3.05) is 7.05 Å². The van der Waals surface area contributed by atoms with E-state index >= 15 is 0 Å². The summed E-state index contributed by atoms with van der Waals surface area (Å²) in [5.41, 5.74) is 6.82. The van der Waals surface area contributed by atoms with Gasteiger partial charge in [0.2, 0.25) is 0 Å². The third kappa shape index (κ3) is 4.38. The summed E-state index contributed by atoms with van der Waals surface area (Å²) in [6.07, 6.45) is 2.58. The van der Waals surface area contributed by atoms with Crippen LogP contribution in [0, 0.1) is 0 Å². The second-order valence-corrected chi connectivity index (χ2v) is 3.61. The number of rotatable bonds is 4. The molecule has 0 radical (unpaired) electrons. The van der Waals surface area contributed by atoms with Gasteiger partial charge < -0.3 is 15.7 Å². The lowest BCUT2D eigenvalue weighted by Crippen LogP contribution is -2.31. The first-order chi connectivity index (χ1) is 7.99. The number of aliphatic carboxylic acids is 1. The lowest BCUT2D eigenvalue weighted by Gasteiger charge is -2.13. The molecule has 0 aliphatic heterocycles. The normalized spacial score (nSPS) is 10.4. The molecule has 0 fully saturated rings. The Hall–Kier alpha value is -2.30. The number of carboxylic acids is 1. The van der Waals surface area contributed by atoms with Crippen molar-refractivity contribution < 1.29 is 14.7 Å². The molecule has 90 valence electrons. The van der Waals surface area contributed by atoms with Crippen LogP contribution >= 0.6 is 0 Å². The molecule has 0 spiro atoms. The molecule has 1 aromatic rings. The van der Waals surface area contributed by atoms with E-state index in [4.69, 9.17) is 10.8 Å². The predicted octanol–water partition coefficient (Wildman–Crippen LogP) is 1.29. The Morgan fingerprint density at radius 2 is 1.94 bits per heavy atom. The van der Waals surface area contributed by atoms with Gasteiger partial charge in [0.1, 0.15) is 0 Å². The maximum absolute atomic E-state index is 10.8. The Morgan fingerprint density at radius 3 is 2.41 bits per heavy atom. The molecule has 0 atom stereocenters. The lowest BCUT2D eigenvalue weighted by atomic mass is 10.1. The number of nitrogens with two attached hydrogens (primary N) is 1. The molecule has 0 aromatic heterocycles. The quantitative estimate of drug-likeness (QED) is 0.770. The molecule has 0 bridgehead atoms. The van der Waals surface area contributed by atoms with Gasteiger partial charge in [-0.1, -0.05) is 24.3 Å². The summed E-state index contributed by atoms with van der Waals surface area (Å²) in [5, 5.41) is 8.46. The largest absolute Gasteiger partial charge is 0.478 e. The van der Waals surface area contributed by atoms with Gasteiger partial charge in [-0.2, -0.15) is 0 Å². The van der Waals surface area contributed by atoms with Crippen LogP contribution in [-0.2, 0) is 11.3 Å². The predicted molar refractivity (Wildman–Crippen MR) is 64.2 cm³/mol. The van der Waals surface area contributed by atoms with Crippen LogP contribution in [0.25, 0.3) is 6.08 Å². The van der Waals surface area contributed by atoms with Crippen LogP contribution in [-0.4, -0.2) is 29.1 Å². The number of carbonyl (C=O) groups is 2. The Kier molecular flexibility index (Phi) is 4.28. The molecule has 0 saturated heterocycles. The minimum Gasteiger partial charge on any atom is -0.478 e. The van der Waals surface area contributed by atoms with Crippen LogP contribution in [0.5, 0.6) is 0 Å². The summed E-state index contributed by atoms with van der Waals surface area (Å²) in [4.78, 5) is 22.5. The average Bonchev–Trinajstić information content (AvgIpc) is 2.28. The van der Waals surface area contributed by atoms with Gasteiger partial charge in [-0.3, -0.25) is 0 Å². The molecule has 0 heterocycles. The third-order valence-corrected chi connectivity index (χ3v) is 2.19. The first-order valence-electron chi connectivity index (χ1n) is 4.99. The summed E-state index contributed by atoms with van der Waals surface area (Å²) in [6.45, 7) is 0.429. The Balaban J connectivity index is 2.68. The molecule has 0 aliphatic rings.